The zero-order chi connectivity index (χ0) is 11.4. The molecule has 0 aliphatic heterocycles. The van der Waals surface area contributed by atoms with Crippen molar-refractivity contribution in [2.24, 2.45) is 5.92 Å². The van der Waals surface area contributed by atoms with Crippen molar-refractivity contribution >= 4 is 0 Å². The van der Waals surface area contributed by atoms with Crippen LogP contribution in [-0.2, 0) is 0 Å². The lowest BCUT2D eigenvalue weighted by atomic mass is 9.78. The molecular weight excluding hydrogens is 196 g/mol. The highest BCUT2D eigenvalue weighted by Gasteiger charge is 2.20. The van der Waals surface area contributed by atoms with Crippen LogP contribution < -0.4 is 0 Å². The van der Waals surface area contributed by atoms with Gasteiger partial charge in [0.15, 0.2) is 0 Å². The van der Waals surface area contributed by atoms with Crippen molar-refractivity contribution in [2.75, 3.05) is 0 Å². The Morgan fingerprint density at radius 3 is 2.25 bits per heavy atom. The Balaban J connectivity index is 1.96. The van der Waals surface area contributed by atoms with E-state index in [0.29, 0.717) is 11.7 Å². The summed E-state index contributed by atoms with van der Waals surface area (Å²) in [5, 5.41) is 9.26. The van der Waals surface area contributed by atoms with E-state index >= 15 is 0 Å². The Labute approximate surface area is 97.8 Å². The Hall–Kier alpha value is -1.24. The van der Waals surface area contributed by atoms with Crippen molar-refractivity contribution in [1.82, 2.24) is 0 Å². The summed E-state index contributed by atoms with van der Waals surface area (Å²) in [7, 11) is 0. The molecule has 1 aromatic rings. The maximum atomic E-state index is 9.26. The van der Waals surface area contributed by atoms with E-state index in [1.807, 2.05) is 0 Å². The van der Waals surface area contributed by atoms with Crippen LogP contribution in [0.3, 0.4) is 0 Å². The average Bonchev–Trinajstić information content (AvgIpc) is 2.32. The minimum Gasteiger partial charge on any atom is -0.508 e. The molecule has 0 aromatic heterocycles. The van der Waals surface area contributed by atoms with Crippen LogP contribution in [0.25, 0.3) is 0 Å². The highest BCUT2D eigenvalue weighted by Crippen LogP contribution is 2.36. The predicted molar refractivity (Wildman–Crippen MR) is 67.6 cm³/mol. The highest BCUT2D eigenvalue weighted by molar-refractivity contribution is 5.28. The van der Waals surface area contributed by atoms with Gasteiger partial charge in [0.1, 0.15) is 5.75 Å². The van der Waals surface area contributed by atoms with Gasteiger partial charge in [-0.05, 0) is 62.1 Å². The molecule has 0 saturated heterocycles. The third-order valence-corrected chi connectivity index (χ3v) is 3.60. The van der Waals surface area contributed by atoms with Crippen LogP contribution in [0.4, 0.5) is 0 Å². The zero-order valence-corrected chi connectivity index (χ0v) is 9.89. The lowest BCUT2D eigenvalue weighted by molar-refractivity contribution is 0.375. The number of aromatic hydroxyl groups is 1. The molecule has 86 valence electrons. The summed E-state index contributed by atoms with van der Waals surface area (Å²) in [6, 6.07) is 7.73. The summed E-state index contributed by atoms with van der Waals surface area (Å²) in [6.07, 6.45) is 9.67. The van der Waals surface area contributed by atoms with E-state index in [-0.39, 0.29) is 0 Å². The first-order valence-corrected chi connectivity index (χ1v) is 6.21. The molecule has 2 rings (SSSR count). The molecule has 0 heterocycles. The average molecular weight is 216 g/mol. The molecule has 1 fully saturated rings. The summed E-state index contributed by atoms with van der Waals surface area (Å²) < 4.78 is 0. The number of phenolic OH excluding ortho intramolecular Hbond substituents is 1. The fourth-order valence-electron chi connectivity index (χ4n) is 2.66. The van der Waals surface area contributed by atoms with Crippen LogP contribution in [0, 0.1) is 5.92 Å². The first-order valence-electron chi connectivity index (χ1n) is 6.21. The lowest BCUT2D eigenvalue weighted by Gasteiger charge is -2.27. The van der Waals surface area contributed by atoms with Crippen LogP contribution in [0.1, 0.15) is 44.1 Å². The number of hydrogen-bond acceptors (Lipinski definition) is 1. The largest absolute Gasteiger partial charge is 0.508 e. The third kappa shape index (κ3) is 2.66. The van der Waals surface area contributed by atoms with Gasteiger partial charge in [0.2, 0.25) is 0 Å². The summed E-state index contributed by atoms with van der Waals surface area (Å²) in [4.78, 5) is 0. The number of allylic oxidation sites excluding steroid dienone is 2. The fraction of sp³-hybridized carbons (Fsp3) is 0.467. The fourth-order valence-corrected chi connectivity index (χ4v) is 2.66. The van der Waals surface area contributed by atoms with Crippen molar-refractivity contribution in [3.63, 3.8) is 0 Å². The van der Waals surface area contributed by atoms with E-state index in [4.69, 9.17) is 0 Å². The molecule has 0 spiro atoms. The Bertz CT molecular complexity index is 342. The zero-order valence-electron chi connectivity index (χ0n) is 9.89. The molecule has 1 saturated carbocycles. The van der Waals surface area contributed by atoms with Crippen LogP contribution >= 0.6 is 0 Å². The van der Waals surface area contributed by atoms with Crippen LogP contribution in [0.5, 0.6) is 5.75 Å². The maximum absolute atomic E-state index is 9.26. The normalized spacial score (nSPS) is 26.1. The van der Waals surface area contributed by atoms with E-state index in [0.717, 1.165) is 5.92 Å². The van der Waals surface area contributed by atoms with Crippen molar-refractivity contribution in [3.8, 4) is 5.75 Å². The van der Waals surface area contributed by atoms with E-state index < -0.39 is 0 Å². The van der Waals surface area contributed by atoms with Gasteiger partial charge in [-0.1, -0.05) is 24.3 Å². The van der Waals surface area contributed by atoms with E-state index in [1.54, 1.807) is 12.1 Å². The van der Waals surface area contributed by atoms with E-state index in [9.17, 15) is 5.11 Å². The van der Waals surface area contributed by atoms with Gasteiger partial charge in [0.25, 0.3) is 0 Å². The van der Waals surface area contributed by atoms with Crippen molar-refractivity contribution in [2.45, 2.75) is 38.5 Å². The first kappa shape index (κ1) is 11.3. The number of hydrogen-bond donors (Lipinski definition) is 1. The Kier molecular flexibility index (Phi) is 3.66. The minimum atomic E-state index is 0.367. The summed E-state index contributed by atoms with van der Waals surface area (Å²) >= 11 is 0. The third-order valence-electron chi connectivity index (χ3n) is 3.60. The molecule has 16 heavy (non-hydrogen) atoms. The van der Waals surface area contributed by atoms with E-state index in [1.165, 1.54) is 31.2 Å². The lowest BCUT2D eigenvalue weighted by Crippen LogP contribution is -2.11. The molecule has 0 unspecified atom stereocenters. The van der Waals surface area contributed by atoms with Gasteiger partial charge in [-0.15, -0.1) is 0 Å². The smallest absolute Gasteiger partial charge is 0.115 e. The standard InChI is InChI=1S/C15H20O/c1-2-3-12-4-6-13(7-5-12)14-8-10-15(16)11-9-14/h2-3,8-13,16H,4-7H2,1H3/b3-2+/t12-,13-. The molecule has 0 amide bonds. The molecular formula is C15H20O. The van der Waals surface area contributed by atoms with Crippen molar-refractivity contribution in [3.05, 3.63) is 42.0 Å². The van der Waals surface area contributed by atoms with Crippen molar-refractivity contribution < 1.29 is 5.11 Å². The predicted octanol–water partition coefficient (Wildman–Crippen LogP) is 4.24. The summed E-state index contributed by atoms with van der Waals surface area (Å²) in [5.41, 5.74) is 1.39. The first-order chi connectivity index (χ1) is 7.79. The molecule has 1 heteroatoms. The van der Waals surface area contributed by atoms with Gasteiger partial charge in [-0.25, -0.2) is 0 Å². The Morgan fingerprint density at radius 2 is 1.69 bits per heavy atom. The molecule has 1 aliphatic rings. The van der Waals surface area contributed by atoms with Crippen LogP contribution in [0.15, 0.2) is 36.4 Å². The second-order valence-corrected chi connectivity index (χ2v) is 4.73. The quantitative estimate of drug-likeness (QED) is 0.733. The second kappa shape index (κ2) is 5.20. The van der Waals surface area contributed by atoms with Gasteiger partial charge in [-0.3, -0.25) is 0 Å². The maximum Gasteiger partial charge on any atom is 0.115 e. The Morgan fingerprint density at radius 1 is 1.06 bits per heavy atom. The van der Waals surface area contributed by atoms with Gasteiger partial charge in [0.05, 0.1) is 0 Å². The summed E-state index contributed by atoms with van der Waals surface area (Å²) in [5.74, 6) is 1.85. The molecule has 1 nitrogen and oxygen atoms in total. The molecule has 1 N–H and O–H groups in total. The highest BCUT2D eigenvalue weighted by atomic mass is 16.3. The van der Waals surface area contributed by atoms with Crippen LogP contribution in [0.2, 0.25) is 0 Å². The SMILES string of the molecule is C/C=C/[C@H]1CC[C@H](c2ccc(O)cc2)CC1. The topological polar surface area (TPSA) is 20.2 Å². The van der Waals surface area contributed by atoms with Gasteiger partial charge >= 0.3 is 0 Å². The number of rotatable bonds is 2. The van der Waals surface area contributed by atoms with Gasteiger partial charge in [0, 0.05) is 0 Å². The minimum absolute atomic E-state index is 0.367. The van der Waals surface area contributed by atoms with Crippen molar-refractivity contribution in [1.29, 1.82) is 0 Å². The molecule has 0 atom stereocenters. The monoisotopic (exact) mass is 216 g/mol. The van der Waals surface area contributed by atoms with Crippen LogP contribution in [-0.4, -0.2) is 5.11 Å². The van der Waals surface area contributed by atoms with Gasteiger partial charge < -0.3 is 5.11 Å². The second-order valence-electron chi connectivity index (χ2n) is 4.73. The molecule has 0 bridgehead atoms. The molecule has 0 radical (unpaired) electrons. The number of phenols is 1. The molecule has 1 aliphatic carbocycles. The summed E-state index contributed by atoms with van der Waals surface area (Å²) in [6.45, 7) is 2.10. The number of benzene rings is 1. The van der Waals surface area contributed by atoms with Gasteiger partial charge in [-0.2, -0.15) is 0 Å². The molecule has 1 aromatic carbocycles. The van der Waals surface area contributed by atoms with E-state index in [2.05, 4.69) is 31.2 Å².